The maximum absolute atomic E-state index is 12.6. The number of hydrogen-bond donors (Lipinski definition) is 1. The average Bonchev–Trinajstić information content (AvgIpc) is 3.43. The van der Waals surface area contributed by atoms with Gasteiger partial charge >= 0.3 is 5.97 Å². The number of carbonyl (C=O) groups is 3. The molecular weight excluding hydrogens is 462 g/mol. The van der Waals surface area contributed by atoms with Crippen molar-refractivity contribution in [2.75, 3.05) is 23.4 Å². The standard InChI is InChI=1S/C27H29N3O6/c1-16(2)22-10-5-17(3)11-23(22)35-21-8-6-20(7-9-21)30-14-19(13-26(30)32)27(33)34-15-25(31)28-24-12-18(4)36-29-24/h5-12,16,19H,13-15H2,1-4H3,(H,28,29,31)/t19-/m1/s1. The summed E-state index contributed by atoms with van der Waals surface area (Å²) in [5.74, 6) is 0.581. The van der Waals surface area contributed by atoms with Crippen LogP contribution in [0.3, 0.4) is 0 Å². The molecule has 4 rings (SSSR count). The number of amides is 2. The summed E-state index contributed by atoms with van der Waals surface area (Å²) in [6.45, 7) is 7.65. The number of hydrogen-bond acceptors (Lipinski definition) is 7. The predicted octanol–water partition coefficient (Wildman–Crippen LogP) is 4.74. The molecule has 1 aromatic heterocycles. The first-order chi connectivity index (χ1) is 17.2. The van der Waals surface area contributed by atoms with Crippen molar-refractivity contribution in [3.8, 4) is 11.5 Å². The lowest BCUT2D eigenvalue weighted by molar-refractivity contribution is -0.151. The second-order valence-electron chi connectivity index (χ2n) is 9.18. The minimum Gasteiger partial charge on any atom is -0.457 e. The van der Waals surface area contributed by atoms with Crippen LogP contribution in [0.25, 0.3) is 0 Å². The number of aromatic nitrogens is 1. The second-order valence-corrected chi connectivity index (χ2v) is 9.18. The number of nitrogens with zero attached hydrogens (tertiary/aromatic N) is 2. The minimum atomic E-state index is -0.656. The van der Waals surface area contributed by atoms with Gasteiger partial charge in [-0.3, -0.25) is 14.4 Å². The Hall–Kier alpha value is -4.14. The molecule has 9 nitrogen and oxygen atoms in total. The molecule has 1 aliphatic rings. The van der Waals surface area contributed by atoms with Crippen LogP contribution in [0.5, 0.6) is 11.5 Å². The van der Waals surface area contributed by atoms with Gasteiger partial charge < -0.3 is 24.2 Å². The summed E-state index contributed by atoms with van der Waals surface area (Å²) in [5.41, 5.74) is 2.89. The number of rotatable bonds is 8. The van der Waals surface area contributed by atoms with Crippen LogP contribution in [-0.4, -0.2) is 36.1 Å². The first kappa shape index (κ1) is 25.0. The maximum atomic E-state index is 12.6. The lowest BCUT2D eigenvalue weighted by Gasteiger charge is -2.18. The molecule has 2 heterocycles. The van der Waals surface area contributed by atoms with Crippen LogP contribution < -0.4 is 15.0 Å². The zero-order valence-electron chi connectivity index (χ0n) is 20.7. The molecule has 0 spiro atoms. The summed E-state index contributed by atoms with van der Waals surface area (Å²) in [4.78, 5) is 38.6. The van der Waals surface area contributed by atoms with Crippen LogP contribution in [0.1, 0.15) is 43.1 Å². The number of esters is 1. The topological polar surface area (TPSA) is 111 Å². The highest BCUT2D eigenvalue weighted by atomic mass is 16.5. The number of nitrogens with one attached hydrogen (secondary N) is 1. The molecular formula is C27H29N3O6. The third-order valence-electron chi connectivity index (χ3n) is 5.87. The molecule has 1 aliphatic heterocycles. The fourth-order valence-electron chi connectivity index (χ4n) is 4.00. The van der Waals surface area contributed by atoms with Gasteiger partial charge in [-0.25, -0.2) is 0 Å². The summed E-state index contributed by atoms with van der Waals surface area (Å²) in [7, 11) is 0. The minimum absolute atomic E-state index is 0.0161. The fraction of sp³-hybridized carbons (Fsp3) is 0.333. The van der Waals surface area contributed by atoms with E-state index in [0.717, 1.165) is 16.9 Å². The van der Waals surface area contributed by atoms with E-state index in [9.17, 15) is 14.4 Å². The van der Waals surface area contributed by atoms with Crippen molar-refractivity contribution >= 4 is 29.3 Å². The van der Waals surface area contributed by atoms with Crippen molar-refractivity contribution in [2.24, 2.45) is 5.92 Å². The molecule has 0 radical (unpaired) electrons. The van der Waals surface area contributed by atoms with Crippen molar-refractivity contribution in [1.29, 1.82) is 0 Å². The first-order valence-corrected chi connectivity index (χ1v) is 11.8. The van der Waals surface area contributed by atoms with E-state index in [1.165, 1.54) is 0 Å². The molecule has 36 heavy (non-hydrogen) atoms. The Bertz CT molecular complexity index is 1260. The fourth-order valence-corrected chi connectivity index (χ4v) is 4.00. The largest absolute Gasteiger partial charge is 0.457 e. The van der Waals surface area contributed by atoms with Crippen LogP contribution in [0, 0.1) is 19.8 Å². The SMILES string of the molecule is Cc1ccc(C(C)C)c(Oc2ccc(N3C[C@H](C(=O)OCC(=O)Nc4cc(C)on4)CC3=O)cc2)c1. The molecule has 0 aliphatic carbocycles. The Kier molecular flexibility index (Phi) is 7.38. The Morgan fingerprint density at radius 3 is 2.56 bits per heavy atom. The van der Waals surface area contributed by atoms with Crippen LogP contribution in [0.15, 0.2) is 53.1 Å². The van der Waals surface area contributed by atoms with Crippen molar-refractivity contribution in [2.45, 2.75) is 40.0 Å². The summed E-state index contributed by atoms with van der Waals surface area (Å²) in [6.07, 6.45) is 0.0161. The molecule has 0 bridgehead atoms. The lowest BCUT2D eigenvalue weighted by Crippen LogP contribution is -2.28. The number of aryl methyl sites for hydroxylation is 2. The van der Waals surface area contributed by atoms with Crippen molar-refractivity contribution < 1.29 is 28.4 Å². The number of benzene rings is 2. The summed E-state index contributed by atoms with van der Waals surface area (Å²) < 4.78 is 16.1. The van der Waals surface area contributed by atoms with Crippen molar-refractivity contribution in [3.05, 3.63) is 65.4 Å². The summed E-state index contributed by atoms with van der Waals surface area (Å²) >= 11 is 0. The third-order valence-corrected chi connectivity index (χ3v) is 5.87. The number of ether oxygens (including phenoxy) is 2. The van der Waals surface area contributed by atoms with Crippen LogP contribution in [0.2, 0.25) is 0 Å². The Morgan fingerprint density at radius 1 is 1.14 bits per heavy atom. The van der Waals surface area contributed by atoms with Gasteiger partial charge in [-0.2, -0.15) is 0 Å². The van der Waals surface area contributed by atoms with Gasteiger partial charge in [0.05, 0.1) is 5.92 Å². The predicted molar refractivity (Wildman–Crippen MR) is 133 cm³/mol. The van der Waals surface area contributed by atoms with Gasteiger partial charge in [0, 0.05) is 24.7 Å². The maximum Gasteiger partial charge on any atom is 0.311 e. The van der Waals surface area contributed by atoms with Crippen LogP contribution in [-0.2, 0) is 19.1 Å². The van der Waals surface area contributed by atoms with E-state index >= 15 is 0 Å². The van der Waals surface area contributed by atoms with Gasteiger partial charge in [-0.15, -0.1) is 0 Å². The molecule has 1 saturated heterocycles. The van der Waals surface area contributed by atoms with E-state index in [1.54, 1.807) is 42.2 Å². The van der Waals surface area contributed by atoms with Gasteiger partial charge in [0.1, 0.15) is 17.3 Å². The monoisotopic (exact) mass is 491 g/mol. The van der Waals surface area contributed by atoms with Gasteiger partial charge in [-0.1, -0.05) is 31.1 Å². The molecule has 2 aromatic carbocycles. The lowest BCUT2D eigenvalue weighted by atomic mass is 10.0. The Balaban J connectivity index is 1.33. The van der Waals surface area contributed by atoms with Gasteiger partial charge in [0.2, 0.25) is 5.91 Å². The van der Waals surface area contributed by atoms with E-state index in [2.05, 4.69) is 36.5 Å². The quantitative estimate of drug-likeness (QED) is 0.453. The molecule has 1 fully saturated rings. The van der Waals surface area contributed by atoms with Crippen LogP contribution >= 0.6 is 0 Å². The number of carbonyl (C=O) groups excluding carboxylic acids is 3. The Morgan fingerprint density at radius 2 is 1.89 bits per heavy atom. The molecule has 1 N–H and O–H groups in total. The van der Waals surface area contributed by atoms with Crippen LogP contribution in [0.4, 0.5) is 11.5 Å². The summed E-state index contributed by atoms with van der Waals surface area (Å²) in [5, 5.41) is 6.13. The van der Waals surface area contributed by atoms with E-state index in [1.807, 2.05) is 13.0 Å². The molecule has 1 atom stereocenters. The molecule has 3 aromatic rings. The number of anilines is 2. The summed E-state index contributed by atoms with van der Waals surface area (Å²) in [6, 6.07) is 14.9. The van der Waals surface area contributed by atoms with Gasteiger partial charge in [-0.05, 0) is 61.2 Å². The van der Waals surface area contributed by atoms with E-state index in [4.69, 9.17) is 14.0 Å². The van der Waals surface area contributed by atoms with E-state index in [-0.39, 0.29) is 24.7 Å². The third kappa shape index (κ3) is 5.91. The Labute approximate surface area is 209 Å². The highest BCUT2D eigenvalue weighted by Crippen LogP contribution is 2.33. The average molecular weight is 492 g/mol. The molecule has 188 valence electrons. The molecule has 0 unspecified atom stereocenters. The van der Waals surface area contributed by atoms with E-state index in [0.29, 0.717) is 23.1 Å². The highest BCUT2D eigenvalue weighted by molar-refractivity contribution is 6.00. The highest BCUT2D eigenvalue weighted by Gasteiger charge is 2.36. The molecule has 0 saturated carbocycles. The second kappa shape index (κ2) is 10.6. The zero-order valence-corrected chi connectivity index (χ0v) is 20.7. The van der Waals surface area contributed by atoms with E-state index < -0.39 is 24.4 Å². The first-order valence-electron chi connectivity index (χ1n) is 11.8. The molecule has 2 amide bonds. The van der Waals surface area contributed by atoms with Crippen molar-refractivity contribution in [3.63, 3.8) is 0 Å². The normalized spacial score (nSPS) is 15.3. The molecule has 9 heteroatoms. The smallest absolute Gasteiger partial charge is 0.311 e. The van der Waals surface area contributed by atoms with Gasteiger partial charge in [0.15, 0.2) is 12.4 Å². The zero-order chi connectivity index (χ0) is 25.8. The van der Waals surface area contributed by atoms with Gasteiger partial charge in [0.25, 0.3) is 5.91 Å². The van der Waals surface area contributed by atoms with Crippen molar-refractivity contribution in [1.82, 2.24) is 5.16 Å².